The molecule has 1 aliphatic rings. The summed E-state index contributed by atoms with van der Waals surface area (Å²) in [5.74, 6) is -0.340. The molecule has 4 aromatic rings. The zero-order chi connectivity index (χ0) is 24.0. The average Bonchev–Trinajstić information content (AvgIpc) is 3.22. The van der Waals surface area contributed by atoms with Crippen LogP contribution >= 0.6 is 0 Å². The van der Waals surface area contributed by atoms with E-state index in [1.165, 1.54) is 11.1 Å². The number of rotatable bonds is 7. The molecule has 174 valence electrons. The van der Waals surface area contributed by atoms with E-state index < -0.39 is 12.1 Å². The predicted octanol–water partition coefficient (Wildman–Crippen LogP) is 5.78. The molecule has 35 heavy (non-hydrogen) atoms. The third kappa shape index (κ3) is 5.09. The van der Waals surface area contributed by atoms with Crippen LogP contribution in [0.2, 0.25) is 0 Å². The van der Waals surface area contributed by atoms with Crippen molar-refractivity contribution in [3.63, 3.8) is 0 Å². The van der Waals surface area contributed by atoms with E-state index in [0.29, 0.717) is 12.1 Å². The van der Waals surface area contributed by atoms with Crippen LogP contribution in [0.1, 0.15) is 22.6 Å². The first-order valence-electron chi connectivity index (χ1n) is 11.7. The summed E-state index contributed by atoms with van der Waals surface area (Å²) in [5.41, 5.74) is 6.24. The van der Waals surface area contributed by atoms with E-state index in [0.717, 1.165) is 16.7 Å². The van der Waals surface area contributed by atoms with E-state index in [1.807, 2.05) is 84.9 Å². The van der Waals surface area contributed by atoms with Crippen molar-refractivity contribution >= 4 is 17.7 Å². The molecule has 5 nitrogen and oxygen atoms in total. The fraction of sp³-hybridized carbons (Fsp3) is 0.133. The topological polar surface area (TPSA) is 67.4 Å². The van der Waals surface area contributed by atoms with Crippen molar-refractivity contribution in [2.24, 2.45) is 0 Å². The quantitative estimate of drug-likeness (QED) is 0.366. The summed E-state index contributed by atoms with van der Waals surface area (Å²) >= 11 is 0. The number of anilines is 1. The molecule has 0 heterocycles. The van der Waals surface area contributed by atoms with Crippen LogP contribution in [0, 0.1) is 0 Å². The Morgan fingerprint density at radius 3 is 1.89 bits per heavy atom. The highest BCUT2D eigenvalue weighted by Crippen LogP contribution is 2.44. The minimum Gasteiger partial charge on any atom is -0.449 e. The van der Waals surface area contributed by atoms with Gasteiger partial charge in [0.25, 0.3) is 0 Å². The first-order valence-corrected chi connectivity index (χ1v) is 11.7. The third-order valence-corrected chi connectivity index (χ3v) is 6.28. The molecule has 2 N–H and O–H groups in total. The number of fused-ring (bicyclic) bond motifs is 3. The number of carbonyl (C=O) groups excluding carboxylic acids is 2. The molecule has 0 saturated heterocycles. The highest BCUT2D eigenvalue weighted by molar-refractivity contribution is 5.96. The van der Waals surface area contributed by atoms with Crippen LogP contribution in [0.4, 0.5) is 10.5 Å². The standard InChI is InChI=1S/C30H26N2O3/c33-29(31-22-13-5-2-6-14-22)28(19-21-11-3-1-4-12-21)32-30(34)35-20-27-25-17-9-7-15-23(25)24-16-8-10-18-26(24)27/h1-18,27-28H,19-20H2,(H,31,33)(H,32,34)/t28-/m0/s1. The Balaban J connectivity index is 1.29. The zero-order valence-corrected chi connectivity index (χ0v) is 19.2. The van der Waals surface area contributed by atoms with Crippen LogP contribution < -0.4 is 10.6 Å². The van der Waals surface area contributed by atoms with Crippen molar-refractivity contribution in [3.8, 4) is 11.1 Å². The van der Waals surface area contributed by atoms with Gasteiger partial charge in [0.15, 0.2) is 0 Å². The van der Waals surface area contributed by atoms with Gasteiger partial charge in [-0.2, -0.15) is 0 Å². The molecule has 0 fully saturated rings. The van der Waals surface area contributed by atoms with E-state index in [-0.39, 0.29) is 18.4 Å². The lowest BCUT2D eigenvalue weighted by Gasteiger charge is -2.20. The molecule has 1 aliphatic carbocycles. The highest BCUT2D eigenvalue weighted by atomic mass is 16.5. The van der Waals surface area contributed by atoms with Gasteiger partial charge in [-0.05, 0) is 39.9 Å². The number of nitrogens with one attached hydrogen (secondary N) is 2. The predicted molar refractivity (Wildman–Crippen MR) is 137 cm³/mol. The number of para-hydroxylation sites is 1. The van der Waals surface area contributed by atoms with Crippen LogP contribution in [-0.2, 0) is 16.0 Å². The summed E-state index contributed by atoms with van der Waals surface area (Å²) in [6.07, 6.45) is -0.264. The van der Waals surface area contributed by atoms with Crippen LogP contribution in [0.3, 0.4) is 0 Å². The molecule has 0 spiro atoms. The molecule has 4 aromatic carbocycles. The van der Waals surface area contributed by atoms with Gasteiger partial charge in [0.1, 0.15) is 12.6 Å². The van der Waals surface area contributed by atoms with Gasteiger partial charge in [-0.1, -0.05) is 97.1 Å². The maximum Gasteiger partial charge on any atom is 0.407 e. The van der Waals surface area contributed by atoms with Crippen LogP contribution in [0.15, 0.2) is 109 Å². The molecule has 0 aliphatic heterocycles. The summed E-state index contributed by atoms with van der Waals surface area (Å²) in [6, 6.07) is 34.4. The molecule has 0 saturated carbocycles. The Labute approximate surface area is 204 Å². The van der Waals surface area contributed by atoms with Gasteiger partial charge in [-0.25, -0.2) is 4.79 Å². The molecule has 0 bridgehead atoms. The van der Waals surface area contributed by atoms with E-state index >= 15 is 0 Å². The SMILES string of the molecule is O=C(N[C@@H](Cc1ccccc1)C(=O)Nc1ccccc1)OCC1c2ccccc2-c2ccccc21. The van der Waals surface area contributed by atoms with Gasteiger partial charge in [0.2, 0.25) is 5.91 Å². The van der Waals surface area contributed by atoms with E-state index in [1.54, 1.807) is 0 Å². The molecule has 0 unspecified atom stereocenters. The van der Waals surface area contributed by atoms with E-state index in [2.05, 4.69) is 34.9 Å². The summed E-state index contributed by atoms with van der Waals surface area (Å²) in [7, 11) is 0. The maximum absolute atomic E-state index is 13.1. The second-order valence-corrected chi connectivity index (χ2v) is 8.57. The number of ether oxygens (including phenoxy) is 1. The van der Waals surface area contributed by atoms with Crippen molar-refractivity contribution in [2.45, 2.75) is 18.4 Å². The molecular formula is C30H26N2O3. The Morgan fingerprint density at radius 1 is 0.714 bits per heavy atom. The summed E-state index contributed by atoms with van der Waals surface area (Å²) in [4.78, 5) is 25.9. The Kier molecular flexibility index (Phi) is 6.57. The summed E-state index contributed by atoms with van der Waals surface area (Å²) < 4.78 is 5.68. The first kappa shape index (κ1) is 22.4. The van der Waals surface area contributed by atoms with Crippen LogP contribution in [-0.4, -0.2) is 24.6 Å². The van der Waals surface area contributed by atoms with Gasteiger partial charge in [-0.3, -0.25) is 4.79 Å². The normalized spacial score (nSPS) is 12.8. The number of amides is 2. The lowest BCUT2D eigenvalue weighted by Crippen LogP contribution is -2.45. The maximum atomic E-state index is 13.1. The fourth-order valence-electron chi connectivity index (χ4n) is 4.59. The Hall–Kier alpha value is -4.38. The van der Waals surface area contributed by atoms with Gasteiger partial charge in [-0.15, -0.1) is 0 Å². The molecule has 2 amide bonds. The van der Waals surface area contributed by atoms with E-state index in [9.17, 15) is 9.59 Å². The molecule has 1 atom stereocenters. The van der Waals surface area contributed by atoms with Crippen molar-refractivity contribution in [1.82, 2.24) is 5.32 Å². The lowest BCUT2D eigenvalue weighted by molar-refractivity contribution is -0.118. The Bertz CT molecular complexity index is 1280. The van der Waals surface area contributed by atoms with Gasteiger partial charge >= 0.3 is 6.09 Å². The minimum atomic E-state index is -0.784. The number of hydrogen-bond donors (Lipinski definition) is 2. The Morgan fingerprint density at radius 2 is 1.26 bits per heavy atom. The fourth-order valence-corrected chi connectivity index (χ4v) is 4.59. The van der Waals surface area contributed by atoms with Gasteiger partial charge in [0, 0.05) is 18.0 Å². The molecule has 5 heteroatoms. The van der Waals surface area contributed by atoms with Crippen LogP contribution in [0.5, 0.6) is 0 Å². The minimum absolute atomic E-state index is 0.0427. The monoisotopic (exact) mass is 462 g/mol. The van der Waals surface area contributed by atoms with Gasteiger partial charge < -0.3 is 15.4 Å². The smallest absolute Gasteiger partial charge is 0.407 e. The first-order chi connectivity index (χ1) is 17.2. The second kappa shape index (κ2) is 10.3. The molecule has 0 radical (unpaired) electrons. The zero-order valence-electron chi connectivity index (χ0n) is 19.2. The van der Waals surface area contributed by atoms with Crippen molar-refractivity contribution < 1.29 is 14.3 Å². The van der Waals surface area contributed by atoms with E-state index in [4.69, 9.17) is 4.74 Å². The average molecular weight is 463 g/mol. The molecular weight excluding hydrogens is 436 g/mol. The third-order valence-electron chi connectivity index (χ3n) is 6.28. The second-order valence-electron chi connectivity index (χ2n) is 8.57. The number of benzene rings is 4. The van der Waals surface area contributed by atoms with Gasteiger partial charge in [0.05, 0.1) is 0 Å². The summed E-state index contributed by atoms with van der Waals surface area (Å²) in [6.45, 7) is 0.193. The molecule has 5 rings (SSSR count). The van der Waals surface area contributed by atoms with Crippen molar-refractivity contribution in [3.05, 3.63) is 126 Å². The number of carbonyl (C=O) groups is 2. The van der Waals surface area contributed by atoms with Crippen molar-refractivity contribution in [1.29, 1.82) is 0 Å². The molecule has 0 aromatic heterocycles. The number of alkyl carbamates (subject to hydrolysis) is 1. The summed E-state index contributed by atoms with van der Waals surface area (Å²) in [5, 5.41) is 5.67. The van der Waals surface area contributed by atoms with Crippen molar-refractivity contribution in [2.75, 3.05) is 11.9 Å². The highest BCUT2D eigenvalue weighted by Gasteiger charge is 2.30. The van der Waals surface area contributed by atoms with Crippen LogP contribution in [0.25, 0.3) is 11.1 Å². The number of hydrogen-bond acceptors (Lipinski definition) is 3. The lowest BCUT2D eigenvalue weighted by atomic mass is 9.98. The largest absolute Gasteiger partial charge is 0.449 e.